The molecule has 1 N–H and O–H groups in total. The normalized spacial score (nSPS) is 33.8. The number of amides is 3. The highest BCUT2D eigenvalue weighted by Crippen LogP contribution is 2.53. The number of imide groups is 1. The van der Waals surface area contributed by atoms with E-state index in [1.165, 1.54) is 4.90 Å². The second-order valence-electron chi connectivity index (χ2n) is 7.87. The molecular weight excluding hydrogens is 344 g/mol. The molecule has 0 spiro atoms. The molecule has 140 valence electrons. The van der Waals surface area contributed by atoms with Crippen molar-refractivity contribution in [2.45, 2.75) is 25.4 Å². The minimum Gasteiger partial charge on any atom is -0.376 e. The number of ether oxygens (including phenoxy) is 1. The zero-order valence-corrected chi connectivity index (χ0v) is 15.0. The second-order valence-corrected chi connectivity index (χ2v) is 7.87. The van der Waals surface area contributed by atoms with Crippen molar-refractivity contribution in [2.75, 3.05) is 18.1 Å². The van der Waals surface area contributed by atoms with Crippen LogP contribution in [0.2, 0.25) is 0 Å². The molecule has 3 fully saturated rings. The summed E-state index contributed by atoms with van der Waals surface area (Å²) < 4.78 is 5.54. The third-order valence-corrected chi connectivity index (χ3v) is 6.37. The van der Waals surface area contributed by atoms with Gasteiger partial charge in [0, 0.05) is 13.2 Å². The predicted molar refractivity (Wildman–Crippen MR) is 98.0 cm³/mol. The van der Waals surface area contributed by atoms with Crippen LogP contribution in [0.25, 0.3) is 0 Å². The van der Waals surface area contributed by atoms with Gasteiger partial charge in [-0.3, -0.25) is 14.4 Å². The largest absolute Gasteiger partial charge is 0.376 e. The summed E-state index contributed by atoms with van der Waals surface area (Å²) in [6.07, 6.45) is 7.01. The molecule has 2 aliphatic heterocycles. The van der Waals surface area contributed by atoms with Crippen molar-refractivity contribution >= 4 is 23.4 Å². The van der Waals surface area contributed by atoms with Crippen LogP contribution in [0, 0.1) is 23.7 Å². The van der Waals surface area contributed by atoms with Crippen LogP contribution in [0.1, 0.15) is 29.6 Å². The summed E-state index contributed by atoms with van der Waals surface area (Å²) in [6, 6.07) is 6.87. The van der Waals surface area contributed by atoms with Crippen molar-refractivity contribution in [3.05, 3.63) is 42.0 Å². The standard InChI is InChI=1S/C21H22N2O4/c24-19(22-11-14-4-3-9-27-14)15-5-1-2-6-16(15)23-20(25)17-12-7-8-13(10-12)18(17)21(23)26/h1-2,5-8,12-14,17-18H,3-4,9-11H2,(H,22,24)/t12-,13-,14-,17-,18+/m0/s1. The maximum absolute atomic E-state index is 13.0. The molecule has 2 heterocycles. The van der Waals surface area contributed by atoms with Crippen molar-refractivity contribution in [1.29, 1.82) is 0 Å². The molecule has 27 heavy (non-hydrogen) atoms. The summed E-state index contributed by atoms with van der Waals surface area (Å²) in [5, 5.41) is 2.89. The van der Waals surface area contributed by atoms with Gasteiger partial charge in [0.15, 0.2) is 0 Å². The Bertz CT molecular complexity index is 812. The van der Waals surface area contributed by atoms with Gasteiger partial charge in [0.2, 0.25) is 11.8 Å². The number of allylic oxidation sites excluding steroid dienone is 2. The zero-order chi connectivity index (χ0) is 18.5. The molecule has 4 aliphatic rings. The molecule has 2 aliphatic carbocycles. The third kappa shape index (κ3) is 2.54. The number of fused-ring (bicyclic) bond motifs is 5. The number of anilines is 1. The molecular formula is C21H22N2O4. The Labute approximate surface area is 157 Å². The summed E-state index contributed by atoms with van der Waals surface area (Å²) in [7, 11) is 0. The van der Waals surface area contributed by atoms with E-state index in [0.717, 1.165) is 25.9 Å². The molecule has 3 amide bonds. The van der Waals surface area contributed by atoms with Gasteiger partial charge in [-0.1, -0.05) is 24.3 Å². The van der Waals surface area contributed by atoms with Gasteiger partial charge < -0.3 is 10.1 Å². The van der Waals surface area contributed by atoms with Crippen molar-refractivity contribution in [2.24, 2.45) is 23.7 Å². The number of carbonyl (C=O) groups is 3. The van der Waals surface area contributed by atoms with Crippen LogP contribution in [-0.2, 0) is 14.3 Å². The summed E-state index contributed by atoms with van der Waals surface area (Å²) in [4.78, 5) is 40.1. The number of rotatable bonds is 4. The monoisotopic (exact) mass is 366 g/mol. The molecule has 1 aromatic carbocycles. The number of hydrogen-bond acceptors (Lipinski definition) is 4. The van der Waals surface area contributed by atoms with Crippen LogP contribution in [0.4, 0.5) is 5.69 Å². The molecule has 1 saturated carbocycles. The maximum atomic E-state index is 13.0. The SMILES string of the molecule is O=C(NC[C@@H]1CCCO1)c1ccccc1N1C(=O)[C@@H]2[C@H](C1=O)[C@H]1C=C[C@H]2C1. The van der Waals surface area contributed by atoms with Gasteiger partial charge >= 0.3 is 0 Å². The van der Waals surface area contributed by atoms with Gasteiger partial charge in [-0.2, -0.15) is 0 Å². The summed E-state index contributed by atoms with van der Waals surface area (Å²) in [5.41, 5.74) is 0.753. The van der Waals surface area contributed by atoms with E-state index in [4.69, 9.17) is 4.74 Å². The van der Waals surface area contributed by atoms with Crippen LogP contribution < -0.4 is 10.2 Å². The van der Waals surface area contributed by atoms with Crippen molar-refractivity contribution in [3.8, 4) is 0 Å². The van der Waals surface area contributed by atoms with Crippen molar-refractivity contribution in [3.63, 3.8) is 0 Å². The lowest BCUT2D eigenvalue weighted by molar-refractivity contribution is -0.123. The maximum Gasteiger partial charge on any atom is 0.253 e. The van der Waals surface area contributed by atoms with Crippen LogP contribution in [0.15, 0.2) is 36.4 Å². The lowest BCUT2D eigenvalue weighted by atomic mass is 9.85. The number of nitrogens with zero attached hydrogens (tertiary/aromatic N) is 1. The van der Waals surface area contributed by atoms with E-state index in [2.05, 4.69) is 17.5 Å². The average Bonchev–Trinajstić information content (AvgIpc) is 3.45. The van der Waals surface area contributed by atoms with E-state index < -0.39 is 0 Å². The van der Waals surface area contributed by atoms with E-state index in [1.54, 1.807) is 24.3 Å². The molecule has 2 saturated heterocycles. The third-order valence-electron chi connectivity index (χ3n) is 6.37. The highest BCUT2D eigenvalue weighted by molar-refractivity contribution is 6.24. The highest BCUT2D eigenvalue weighted by Gasteiger charge is 2.59. The van der Waals surface area contributed by atoms with Crippen molar-refractivity contribution in [1.82, 2.24) is 5.32 Å². The Hall–Kier alpha value is -2.47. The lowest BCUT2D eigenvalue weighted by Gasteiger charge is -2.20. The molecule has 6 heteroatoms. The summed E-state index contributed by atoms with van der Waals surface area (Å²) >= 11 is 0. The summed E-state index contributed by atoms with van der Waals surface area (Å²) in [6.45, 7) is 1.17. The van der Waals surface area contributed by atoms with Gasteiger partial charge in [0.25, 0.3) is 5.91 Å². The van der Waals surface area contributed by atoms with Gasteiger partial charge in [-0.15, -0.1) is 0 Å². The number of para-hydroxylation sites is 1. The van der Waals surface area contributed by atoms with Gasteiger partial charge in [-0.25, -0.2) is 4.90 Å². The van der Waals surface area contributed by atoms with E-state index in [1.807, 2.05) is 0 Å². The highest BCUT2D eigenvalue weighted by atomic mass is 16.5. The lowest BCUT2D eigenvalue weighted by Crippen LogP contribution is -2.36. The molecule has 2 bridgehead atoms. The van der Waals surface area contributed by atoms with Gasteiger partial charge in [-0.05, 0) is 43.2 Å². The Morgan fingerprint density at radius 1 is 1.11 bits per heavy atom. The minimum absolute atomic E-state index is 0.0391. The Morgan fingerprint density at radius 3 is 2.48 bits per heavy atom. The first kappa shape index (κ1) is 16.7. The Kier molecular flexibility index (Phi) is 3.90. The summed E-state index contributed by atoms with van der Waals surface area (Å²) in [5.74, 6) is -0.836. The zero-order valence-electron chi connectivity index (χ0n) is 15.0. The smallest absolute Gasteiger partial charge is 0.253 e. The fraction of sp³-hybridized carbons (Fsp3) is 0.476. The van der Waals surface area contributed by atoms with E-state index in [-0.39, 0.29) is 47.5 Å². The molecule has 5 rings (SSSR count). The molecule has 6 nitrogen and oxygen atoms in total. The molecule has 5 atom stereocenters. The second kappa shape index (κ2) is 6.30. The van der Waals surface area contributed by atoms with E-state index in [0.29, 0.717) is 17.8 Å². The predicted octanol–water partition coefficient (Wildman–Crippen LogP) is 1.91. The van der Waals surface area contributed by atoms with Crippen LogP contribution >= 0.6 is 0 Å². The molecule has 1 aromatic rings. The fourth-order valence-corrected chi connectivity index (χ4v) is 5.11. The minimum atomic E-state index is -0.278. The first-order valence-electron chi connectivity index (χ1n) is 9.70. The van der Waals surface area contributed by atoms with E-state index >= 15 is 0 Å². The van der Waals surface area contributed by atoms with Crippen LogP contribution in [-0.4, -0.2) is 37.0 Å². The number of nitrogens with one attached hydrogen (secondary N) is 1. The van der Waals surface area contributed by atoms with Crippen LogP contribution in [0.3, 0.4) is 0 Å². The topological polar surface area (TPSA) is 75.7 Å². The fourth-order valence-electron chi connectivity index (χ4n) is 5.11. The Morgan fingerprint density at radius 2 is 1.81 bits per heavy atom. The number of hydrogen-bond donors (Lipinski definition) is 1. The van der Waals surface area contributed by atoms with Gasteiger partial charge in [0.1, 0.15) is 0 Å². The molecule has 0 radical (unpaired) electrons. The van der Waals surface area contributed by atoms with Gasteiger partial charge in [0.05, 0.1) is 29.2 Å². The molecule has 0 unspecified atom stereocenters. The van der Waals surface area contributed by atoms with E-state index in [9.17, 15) is 14.4 Å². The number of benzene rings is 1. The number of carbonyl (C=O) groups excluding carboxylic acids is 3. The van der Waals surface area contributed by atoms with Crippen molar-refractivity contribution < 1.29 is 19.1 Å². The van der Waals surface area contributed by atoms with Crippen LogP contribution in [0.5, 0.6) is 0 Å². The Balaban J connectivity index is 1.40. The first-order valence-corrected chi connectivity index (χ1v) is 9.70. The molecule has 0 aromatic heterocycles. The first-order chi connectivity index (χ1) is 13.1. The quantitative estimate of drug-likeness (QED) is 0.652. The average molecular weight is 366 g/mol.